The largest absolute Gasteiger partial charge is 0.496 e. The SMILES string of the molecule is COc1ccncc1-c1cc2c(cnn2-c2cc(N3C[C@H](CS(C)(=O)=O)[C@H]3C)cc(-c3cncs3)n2)c(C)n1. The van der Waals surface area contributed by atoms with Gasteiger partial charge in [0, 0.05) is 66.2 Å². The number of fused-ring (bicyclic) bond motifs is 1. The number of nitrogens with zero attached hydrogens (tertiary/aromatic N) is 7. The highest BCUT2D eigenvalue weighted by molar-refractivity contribution is 7.90. The van der Waals surface area contributed by atoms with Gasteiger partial charge >= 0.3 is 0 Å². The molecule has 39 heavy (non-hydrogen) atoms. The lowest BCUT2D eigenvalue weighted by atomic mass is 9.91. The molecular formula is C27H27N7O3S2. The third kappa shape index (κ3) is 4.74. The molecule has 2 atom stereocenters. The monoisotopic (exact) mass is 561 g/mol. The number of ether oxygens (including phenoxy) is 1. The van der Waals surface area contributed by atoms with Crippen molar-refractivity contribution >= 4 is 37.8 Å². The lowest BCUT2D eigenvalue weighted by molar-refractivity contribution is 0.341. The van der Waals surface area contributed by atoms with Gasteiger partial charge in [-0.25, -0.2) is 18.1 Å². The summed E-state index contributed by atoms with van der Waals surface area (Å²) in [7, 11) is -1.42. The maximum absolute atomic E-state index is 11.9. The lowest BCUT2D eigenvalue weighted by Gasteiger charge is -2.48. The average Bonchev–Trinajstić information content (AvgIpc) is 3.61. The molecule has 1 aliphatic rings. The van der Waals surface area contributed by atoms with Crippen molar-refractivity contribution in [2.75, 3.05) is 30.6 Å². The molecule has 0 N–H and O–H groups in total. The second kappa shape index (κ2) is 9.69. The molecule has 0 saturated carbocycles. The molecule has 200 valence electrons. The summed E-state index contributed by atoms with van der Waals surface area (Å²) in [5.74, 6) is 1.60. The summed E-state index contributed by atoms with van der Waals surface area (Å²) >= 11 is 1.52. The standard InChI is InChI=1S/C27H27N7O3S2/c1-16-20-11-30-34(24(20)9-22(31-16)21-10-28-6-5-25(21)37-3)27-8-19(7-23(32-27)26-12-29-15-38-26)33-13-18(17(33)2)14-39(4,35)36/h5-12,15,17-18H,13-14H2,1-4H3/t17-,18-/m1/s1. The van der Waals surface area contributed by atoms with Crippen molar-refractivity contribution < 1.29 is 13.2 Å². The molecule has 0 aromatic carbocycles. The summed E-state index contributed by atoms with van der Waals surface area (Å²) < 4.78 is 31.2. The maximum atomic E-state index is 11.9. The number of anilines is 1. The van der Waals surface area contributed by atoms with E-state index in [2.05, 4.69) is 21.8 Å². The fraction of sp³-hybridized carbons (Fsp3) is 0.296. The van der Waals surface area contributed by atoms with Gasteiger partial charge in [-0.2, -0.15) is 5.10 Å². The van der Waals surface area contributed by atoms with E-state index in [4.69, 9.17) is 19.8 Å². The summed E-state index contributed by atoms with van der Waals surface area (Å²) in [5, 5.41) is 5.63. The van der Waals surface area contributed by atoms with Crippen LogP contribution in [0.25, 0.3) is 38.5 Å². The molecule has 1 aliphatic heterocycles. The van der Waals surface area contributed by atoms with Crippen molar-refractivity contribution in [3.8, 4) is 33.4 Å². The Labute approximate surface area is 230 Å². The Morgan fingerprint density at radius 2 is 1.95 bits per heavy atom. The van der Waals surface area contributed by atoms with Gasteiger partial charge in [0.25, 0.3) is 0 Å². The smallest absolute Gasteiger partial charge is 0.156 e. The molecule has 5 aromatic heterocycles. The van der Waals surface area contributed by atoms with Crippen LogP contribution in [0.4, 0.5) is 5.69 Å². The fourth-order valence-electron chi connectivity index (χ4n) is 5.10. The number of sulfone groups is 1. The highest BCUT2D eigenvalue weighted by atomic mass is 32.2. The lowest BCUT2D eigenvalue weighted by Crippen LogP contribution is -2.57. The molecule has 5 aromatic rings. The van der Waals surface area contributed by atoms with Gasteiger partial charge < -0.3 is 9.64 Å². The highest BCUT2D eigenvalue weighted by Crippen LogP contribution is 2.37. The summed E-state index contributed by atoms with van der Waals surface area (Å²) in [6.07, 6.45) is 8.33. The van der Waals surface area contributed by atoms with Crippen LogP contribution in [-0.2, 0) is 9.84 Å². The van der Waals surface area contributed by atoms with Gasteiger partial charge in [0.2, 0.25) is 0 Å². The maximum Gasteiger partial charge on any atom is 0.156 e. The number of hydrogen-bond acceptors (Lipinski definition) is 10. The first-order valence-electron chi connectivity index (χ1n) is 12.4. The van der Waals surface area contributed by atoms with Crippen molar-refractivity contribution in [3.05, 3.63) is 60.3 Å². The molecule has 0 unspecified atom stereocenters. The summed E-state index contributed by atoms with van der Waals surface area (Å²) in [5.41, 5.74) is 6.73. The van der Waals surface area contributed by atoms with Crippen molar-refractivity contribution in [2.24, 2.45) is 5.92 Å². The predicted octanol–water partition coefficient (Wildman–Crippen LogP) is 4.19. The van der Waals surface area contributed by atoms with E-state index in [0.717, 1.165) is 44.1 Å². The Morgan fingerprint density at radius 1 is 1.10 bits per heavy atom. The molecule has 0 radical (unpaired) electrons. The summed E-state index contributed by atoms with van der Waals surface area (Å²) in [6.45, 7) is 4.68. The van der Waals surface area contributed by atoms with Crippen LogP contribution in [0.2, 0.25) is 0 Å². The zero-order valence-corrected chi connectivity index (χ0v) is 23.6. The first-order valence-corrected chi connectivity index (χ1v) is 15.4. The van der Waals surface area contributed by atoms with E-state index in [0.29, 0.717) is 18.1 Å². The molecular weight excluding hydrogens is 534 g/mol. The topological polar surface area (TPSA) is 116 Å². The molecule has 1 saturated heterocycles. The second-order valence-corrected chi connectivity index (χ2v) is 12.9. The number of aromatic nitrogens is 6. The third-order valence-electron chi connectivity index (χ3n) is 7.19. The molecule has 6 heterocycles. The van der Waals surface area contributed by atoms with Gasteiger partial charge in [0.1, 0.15) is 15.6 Å². The van der Waals surface area contributed by atoms with E-state index >= 15 is 0 Å². The van der Waals surface area contributed by atoms with Crippen molar-refractivity contribution in [1.29, 1.82) is 0 Å². The molecule has 12 heteroatoms. The number of thiazole rings is 1. The van der Waals surface area contributed by atoms with Crippen LogP contribution in [0.5, 0.6) is 5.75 Å². The quantitative estimate of drug-likeness (QED) is 0.288. The molecule has 0 amide bonds. The molecule has 10 nitrogen and oxygen atoms in total. The minimum atomic E-state index is -3.05. The second-order valence-electron chi connectivity index (χ2n) is 9.84. The van der Waals surface area contributed by atoms with Crippen LogP contribution in [0.1, 0.15) is 12.6 Å². The third-order valence-corrected chi connectivity index (χ3v) is 9.02. The van der Waals surface area contributed by atoms with E-state index in [-0.39, 0.29) is 17.7 Å². The summed E-state index contributed by atoms with van der Waals surface area (Å²) in [4.78, 5) is 21.4. The molecule has 6 rings (SSSR count). The Kier molecular flexibility index (Phi) is 6.31. The molecule has 0 spiro atoms. The van der Waals surface area contributed by atoms with Gasteiger partial charge in [-0.1, -0.05) is 0 Å². The Bertz CT molecular complexity index is 1780. The number of hydrogen-bond donors (Lipinski definition) is 0. The highest BCUT2D eigenvalue weighted by Gasteiger charge is 2.38. The van der Waals surface area contributed by atoms with Crippen molar-refractivity contribution in [1.82, 2.24) is 29.7 Å². The van der Waals surface area contributed by atoms with Crippen LogP contribution in [0.3, 0.4) is 0 Å². The zero-order valence-electron chi connectivity index (χ0n) is 21.9. The van der Waals surface area contributed by atoms with Gasteiger partial charge in [0.05, 0.1) is 51.9 Å². The van der Waals surface area contributed by atoms with Crippen LogP contribution < -0.4 is 9.64 Å². The van der Waals surface area contributed by atoms with Crippen molar-refractivity contribution in [2.45, 2.75) is 19.9 Å². The van der Waals surface area contributed by atoms with Gasteiger partial charge in [-0.05, 0) is 32.0 Å². The molecule has 1 fully saturated rings. The molecule has 0 bridgehead atoms. The first kappa shape index (κ1) is 25.4. The van der Waals surface area contributed by atoms with Gasteiger partial charge in [-0.15, -0.1) is 11.3 Å². The Morgan fingerprint density at radius 3 is 2.67 bits per heavy atom. The fourth-order valence-corrected chi connectivity index (χ4v) is 6.85. The van der Waals surface area contributed by atoms with Crippen LogP contribution in [0, 0.1) is 12.8 Å². The minimum absolute atomic E-state index is 0.0785. The zero-order chi connectivity index (χ0) is 27.3. The van der Waals surface area contributed by atoms with E-state index in [9.17, 15) is 8.42 Å². The van der Waals surface area contributed by atoms with Gasteiger partial charge in [0.15, 0.2) is 5.82 Å². The Balaban J connectivity index is 1.47. The average molecular weight is 562 g/mol. The summed E-state index contributed by atoms with van der Waals surface area (Å²) in [6, 6.07) is 7.91. The number of rotatable bonds is 7. The van der Waals surface area contributed by atoms with Crippen LogP contribution in [-0.4, -0.2) is 69.8 Å². The van der Waals surface area contributed by atoms with E-state index in [1.165, 1.54) is 17.6 Å². The van der Waals surface area contributed by atoms with Gasteiger partial charge in [-0.3, -0.25) is 15.0 Å². The first-order chi connectivity index (χ1) is 18.7. The minimum Gasteiger partial charge on any atom is -0.496 e. The normalized spacial score (nSPS) is 17.4. The predicted molar refractivity (Wildman–Crippen MR) is 152 cm³/mol. The van der Waals surface area contributed by atoms with Crippen molar-refractivity contribution in [3.63, 3.8) is 0 Å². The number of pyridine rings is 3. The van der Waals surface area contributed by atoms with Crippen LogP contribution >= 0.6 is 11.3 Å². The number of aryl methyl sites for hydroxylation is 1. The van der Waals surface area contributed by atoms with E-state index in [1.807, 2.05) is 35.9 Å². The number of methoxy groups -OCH3 is 1. The van der Waals surface area contributed by atoms with E-state index < -0.39 is 9.84 Å². The van der Waals surface area contributed by atoms with E-state index in [1.54, 1.807) is 37.4 Å². The van der Waals surface area contributed by atoms with Crippen LogP contribution in [0.15, 0.2) is 54.6 Å². The molecule has 0 aliphatic carbocycles. The Hall–Kier alpha value is -3.90.